The SMILES string of the molecule is CCN(C)C(=O)CNCC(=O)Nc1cccc(Cl)c1. The van der Waals surface area contributed by atoms with Crippen LogP contribution in [0.5, 0.6) is 0 Å². The molecule has 19 heavy (non-hydrogen) atoms. The molecule has 0 atom stereocenters. The number of likely N-dealkylation sites (N-methyl/N-ethyl adjacent to an activating group) is 1. The minimum atomic E-state index is -0.214. The van der Waals surface area contributed by atoms with Crippen LogP contribution in [0.3, 0.4) is 0 Å². The number of carbonyl (C=O) groups excluding carboxylic acids is 2. The first-order valence-electron chi connectivity index (χ1n) is 6.03. The van der Waals surface area contributed by atoms with Crippen LogP contribution < -0.4 is 10.6 Å². The highest BCUT2D eigenvalue weighted by Crippen LogP contribution is 2.14. The van der Waals surface area contributed by atoms with E-state index in [9.17, 15) is 9.59 Å². The first-order chi connectivity index (χ1) is 9.02. The fourth-order valence-corrected chi connectivity index (χ4v) is 1.56. The van der Waals surface area contributed by atoms with Gasteiger partial charge in [0.05, 0.1) is 13.1 Å². The number of hydrogen-bond acceptors (Lipinski definition) is 3. The normalized spacial score (nSPS) is 10.1. The Labute approximate surface area is 117 Å². The maximum atomic E-state index is 11.6. The van der Waals surface area contributed by atoms with Crippen LogP contribution in [0, 0.1) is 0 Å². The molecule has 0 heterocycles. The maximum absolute atomic E-state index is 11.6. The Kier molecular flexibility index (Phi) is 6.32. The van der Waals surface area contributed by atoms with Crippen molar-refractivity contribution in [2.75, 3.05) is 32.0 Å². The van der Waals surface area contributed by atoms with Crippen molar-refractivity contribution < 1.29 is 9.59 Å². The minimum absolute atomic E-state index is 0.0435. The van der Waals surface area contributed by atoms with Crippen molar-refractivity contribution in [3.05, 3.63) is 29.3 Å². The molecule has 0 unspecified atom stereocenters. The standard InChI is InChI=1S/C13H18ClN3O2/c1-3-17(2)13(19)9-15-8-12(18)16-11-6-4-5-10(14)7-11/h4-7,15H,3,8-9H2,1-2H3,(H,16,18). The van der Waals surface area contributed by atoms with Crippen LogP contribution in [0.25, 0.3) is 0 Å². The molecule has 0 saturated carbocycles. The van der Waals surface area contributed by atoms with Gasteiger partial charge in [-0.1, -0.05) is 17.7 Å². The van der Waals surface area contributed by atoms with Gasteiger partial charge in [-0.25, -0.2) is 0 Å². The summed E-state index contributed by atoms with van der Waals surface area (Å²) in [7, 11) is 1.72. The quantitative estimate of drug-likeness (QED) is 0.828. The molecule has 0 spiro atoms. The van der Waals surface area contributed by atoms with Crippen LogP contribution in [-0.4, -0.2) is 43.4 Å². The van der Waals surface area contributed by atoms with Crippen LogP contribution in [0.2, 0.25) is 5.02 Å². The van der Waals surface area contributed by atoms with Crippen molar-refractivity contribution in [3.63, 3.8) is 0 Å². The van der Waals surface area contributed by atoms with Crippen molar-refractivity contribution in [3.8, 4) is 0 Å². The third kappa shape index (κ3) is 5.72. The second-order valence-corrected chi connectivity index (χ2v) is 4.51. The van der Waals surface area contributed by atoms with Crippen molar-refractivity contribution in [2.45, 2.75) is 6.92 Å². The third-order valence-corrected chi connectivity index (χ3v) is 2.81. The van der Waals surface area contributed by atoms with Gasteiger partial charge in [-0.05, 0) is 25.1 Å². The molecule has 6 heteroatoms. The summed E-state index contributed by atoms with van der Waals surface area (Å²) in [5.74, 6) is -0.257. The zero-order valence-electron chi connectivity index (χ0n) is 11.1. The topological polar surface area (TPSA) is 61.4 Å². The fraction of sp³-hybridized carbons (Fsp3) is 0.385. The van der Waals surface area contributed by atoms with Gasteiger partial charge in [-0.2, -0.15) is 0 Å². The number of amides is 2. The van der Waals surface area contributed by atoms with E-state index >= 15 is 0 Å². The van der Waals surface area contributed by atoms with Gasteiger partial charge in [0.1, 0.15) is 0 Å². The molecule has 0 fully saturated rings. The van der Waals surface area contributed by atoms with Crippen molar-refractivity contribution >= 4 is 29.1 Å². The summed E-state index contributed by atoms with van der Waals surface area (Å²) < 4.78 is 0. The number of nitrogens with zero attached hydrogens (tertiary/aromatic N) is 1. The molecule has 0 aliphatic carbocycles. The number of rotatable bonds is 6. The molecule has 1 aromatic carbocycles. The van der Waals surface area contributed by atoms with E-state index < -0.39 is 0 Å². The number of benzene rings is 1. The molecule has 2 amide bonds. The van der Waals surface area contributed by atoms with E-state index in [1.807, 2.05) is 6.92 Å². The molecule has 1 aromatic rings. The molecule has 0 aliphatic rings. The van der Waals surface area contributed by atoms with Gasteiger partial charge in [0.25, 0.3) is 0 Å². The summed E-state index contributed by atoms with van der Waals surface area (Å²) >= 11 is 5.81. The lowest BCUT2D eigenvalue weighted by molar-refractivity contribution is -0.128. The third-order valence-electron chi connectivity index (χ3n) is 2.57. The molecule has 0 aliphatic heterocycles. The maximum Gasteiger partial charge on any atom is 0.238 e. The van der Waals surface area contributed by atoms with E-state index in [1.54, 1.807) is 36.2 Å². The van der Waals surface area contributed by atoms with Gasteiger partial charge >= 0.3 is 0 Å². The lowest BCUT2D eigenvalue weighted by Gasteiger charge is -2.14. The molecular weight excluding hydrogens is 266 g/mol. The minimum Gasteiger partial charge on any atom is -0.345 e. The van der Waals surface area contributed by atoms with E-state index in [2.05, 4.69) is 10.6 Å². The van der Waals surface area contributed by atoms with Gasteiger partial charge < -0.3 is 10.2 Å². The zero-order valence-corrected chi connectivity index (χ0v) is 11.8. The molecule has 5 nitrogen and oxygen atoms in total. The average Bonchev–Trinajstić information content (AvgIpc) is 2.37. The summed E-state index contributed by atoms with van der Waals surface area (Å²) in [5, 5.41) is 6.05. The van der Waals surface area contributed by atoms with Crippen LogP contribution in [-0.2, 0) is 9.59 Å². The number of nitrogens with one attached hydrogen (secondary N) is 2. The molecule has 0 saturated heterocycles. The Morgan fingerprint density at radius 2 is 2.05 bits per heavy atom. The Bertz CT molecular complexity index is 451. The second kappa shape index (κ2) is 7.76. The van der Waals surface area contributed by atoms with Crippen molar-refractivity contribution in [1.29, 1.82) is 0 Å². The largest absolute Gasteiger partial charge is 0.345 e. The monoisotopic (exact) mass is 283 g/mol. The summed E-state index contributed by atoms with van der Waals surface area (Å²) in [4.78, 5) is 24.7. The zero-order chi connectivity index (χ0) is 14.3. The van der Waals surface area contributed by atoms with Crippen molar-refractivity contribution in [2.24, 2.45) is 0 Å². The first-order valence-corrected chi connectivity index (χ1v) is 6.40. The lowest BCUT2D eigenvalue weighted by Crippen LogP contribution is -2.38. The second-order valence-electron chi connectivity index (χ2n) is 4.07. The van der Waals surface area contributed by atoms with E-state index in [0.717, 1.165) is 0 Å². The summed E-state index contributed by atoms with van der Waals surface area (Å²) in [6, 6.07) is 6.90. The molecule has 1 rings (SSSR count). The smallest absolute Gasteiger partial charge is 0.238 e. The number of anilines is 1. The van der Waals surface area contributed by atoms with Crippen LogP contribution in [0.4, 0.5) is 5.69 Å². The number of halogens is 1. The highest BCUT2D eigenvalue weighted by molar-refractivity contribution is 6.30. The van der Waals surface area contributed by atoms with Gasteiger partial charge in [0.15, 0.2) is 0 Å². The van der Waals surface area contributed by atoms with E-state index in [-0.39, 0.29) is 24.9 Å². The van der Waals surface area contributed by atoms with Crippen LogP contribution in [0.15, 0.2) is 24.3 Å². The molecule has 0 aromatic heterocycles. The van der Waals surface area contributed by atoms with Crippen molar-refractivity contribution in [1.82, 2.24) is 10.2 Å². The Balaban J connectivity index is 2.31. The fourth-order valence-electron chi connectivity index (χ4n) is 1.37. The van der Waals surface area contributed by atoms with E-state index in [0.29, 0.717) is 17.3 Å². The predicted molar refractivity (Wildman–Crippen MR) is 76.3 cm³/mol. The molecule has 104 valence electrons. The Morgan fingerprint density at radius 3 is 2.68 bits per heavy atom. The molecule has 0 radical (unpaired) electrons. The Hall–Kier alpha value is -1.59. The lowest BCUT2D eigenvalue weighted by atomic mass is 10.3. The predicted octanol–water partition coefficient (Wildman–Crippen LogP) is 1.35. The van der Waals surface area contributed by atoms with Gasteiger partial charge in [0.2, 0.25) is 11.8 Å². The number of hydrogen-bond donors (Lipinski definition) is 2. The first kappa shape index (κ1) is 15.5. The van der Waals surface area contributed by atoms with Crippen LogP contribution >= 0.6 is 11.6 Å². The molecule has 2 N–H and O–H groups in total. The summed E-state index contributed by atoms with van der Waals surface area (Å²) in [6.07, 6.45) is 0. The van der Waals surface area contributed by atoms with Crippen LogP contribution in [0.1, 0.15) is 6.92 Å². The van der Waals surface area contributed by atoms with E-state index in [1.165, 1.54) is 0 Å². The summed E-state index contributed by atoms with van der Waals surface area (Å²) in [5.41, 5.74) is 0.635. The van der Waals surface area contributed by atoms with Gasteiger partial charge in [0, 0.05) is 24.3 Å². The average molecular weight is 284 g/mol. The highest BCUT2D eigenvalue weighted by atomic mass is 35.5. The number of carbonyl (C=O) groups is 2. The highest BCUT2D eigenvalue weighted by Gasteiger charge is 2.07. The summed E-state index contributed by atoms with van der Waals surface area (Å²) in [6.45, 7) is 2.77. The Morgan fingerprint density at radius 1 is 1.32 bits per heavy atom. The van der Waals surface area contributed by atoms with Gasteiger partial charge in [-0.15, -0.1) is 0 Å². The molecular formula is C13H18ClN3O2. The van der Waals surface area contributed by atoms with E-state index in [4.69, 9.17) is 11.6 Å². The van der Waals surface area contributed by atoms with Gasteiger partial charge in [-0.3, -0.25) is 14.9 Å². The molecule has 0 bridgehead atoms.